The van der Waals surface area contributed by atoms with Crippen LogP contribution >= 0.6 is 0 Å². The average Bonchev–Trinajstić information content (AvgIpc) is 3.24. The number of benzene rings is 2. The Labute approximate surface area is 169 Å². The van der Waals surface area contributed by atoms with Gasteiger partial charge >= 0.3 is 0 Å². The van der Waals surface area contributed by atoms with E-state index < -0.39 is 0 Å². The van der Waals surface area contributed by atoms with E-state index in [9.17, 15) is 4.79 Å². The molecular formula is C22H23N5O2. The van der Waals surface area contributed by atoms with Crippen molar-refractivity contribution in [3.05, 3.63) is 66.4 Å². The minimum absolute atomic E-state index is 0.171. The highest BCUT2D eigenvalue weighted by molar-refractivity contribution is 5.93. The van der Waals surface area contributed by atoms with Crippen LogP contribution in [-0.2, 0) is 0 Å². The molecule has 0 aliphatic carbocycles. The summed E-state index contributed by atoms with van der Waals surface area (Å²) in [7, 11) is 0. The second-order valence-corrected chi connectivity index (χ2v) is 6.41. The zero-order chi connectivity index (χ0) is 20.5. The van der Waals surface area contributed by atoms with Gasteiger partial charge in [0.15, 0.2) is 11.9 Å². The number of nitrogens with zero attached hydrogens (tertiary/aromatic N) is 3. The number of nitrogens with one attached hydrogen (secondary N) is 2. The minimum Gasteiger partial charge on any atom is -0.457 e. The van der Waals surface area contributed by atoms with Gasteiger partial charge in [-0.15, -0.1) is 0 Å². The average molecular weight is 389 g/mol. The van der Waals surface area contributed by atoms with Gasteiger partial charge in [-0.05, 0) is 36.8 Å². The molecule has 0 aliphatic rings. The van der Waals surface area contributed by atoms with Crippen molar-refractivity contribution in [2.45, 2.75) is 13.3 Å². The van der Waals surface area contributed by atoms with Gasteiger partial charge in [-0.25, -0.2) is 0 Å². The minimum atomic E-state index is -0.171. The Kier molecular flexibility index (Phi) is 6.85. The number of H-pyrrole nitrogens is 1. The van der Waals surface area contributed by atoms with Crippen LogP contribution < -0.4 is 10.1 Å². The molecule has 0 aliphatic heterocycles. The SMILES string of the molecule is CCCN(CCNC#N)C(=O)c1cc(-c2ccccc2Oc2ccccc2)[nH]n1. The topological polar surface area (TPSA) is 94.0 Å². The molecule has 3 rings (SSSR count). The first-order chi connectivity index (χ1) is 14.2. The number of aromatic amines is 1. The molecule has 148 valence electrons. The number of carbonyl (C=O) groups excluding carboxylic acids is 1. The molecule has 0 fully saturated rings. The van der Waals surface area contributed by atoms with Crippen molar-refractivity contribution in [1.29, 1.82) is 5.26 Å². The molecule has 0 saturated carbocycles. The highest BCUT2D eigenvalue weighted by atomic mass is 16.5. The molecule has 0 unspecified atom stereocenters. The van der Waals surface area contributed by atoms with Gasteiger partial charge in [0.25, 0.3) is 5.91 Å². The Morgan fingerprint density at radius 3 is 2.69 bits per heavy atom. The predicted octanol–water partition coefficient (Wildman–Crippen LogP) is 3.79. The number of hydrogen-bond donors (Lipinski definition) is 2. The van der Waals surface area contributed by atoms with Crippen molar-refractivity contribution in [3.8, 4) is 28.9 Å². The summed E-state index contributed by atoms with van der Waals surface area (Å²) in [5, 5.41) is 18.4. The van der Waals surface area contributed by atoms with E-state index in [1.807, 2.05) is 67.7 Å². The van der Waals surface area contributed by atoms with Gasteiger partial charge in [-0.3, -0.25) is 9.89 Å². The van der Waals surface area contributed by atoms with Gasteiger partial charge < -0.3 is 15.0 Å². The number of carbonyl (C=O) groups is 1. The van der Waals surface area contributed by atoms with E-state index in [1.165, 1.54) is 0 Å². The van der Waals surface area contributed by atoms with Crippen molar-refractivity contribution in [1.82, 2.24) is 20.4 Å². The zero-order valence-electron chi connectivity index (χ0n) is 16.3. The first-order valence-electron chi connectivity index (χ1n) is 9.52. The maximum atomic E-state index is 12.9. The molecule has 1 heterocycles. The standard InChI is InChI=1S/C22H23N5O2/c1-2-13-27(14-12-24-16-23)22(28)20-15-19(25-26-20)18-10-6-7-11-21(18)29-17-8-4-3-5-9-17/h3-11,15,24H,2,12-14H2,1H3,(H,25,26). The molecular weight excluding hydrogens is 366 g/mol. The monoisotopic (exact) mass is 389 g/mol. The van der Waals surface area contributed by atoms with Gasteiger partial charge in [0.1, 0.15) is 11.5 Å². The fourth-order valence-electron chi connectivity index (χ4n) is 2.96. The lowest BCUT2D eigenvalue weighted by Crippen LogP contribution is -2.36. The molecule has 2 aromatic carbocycles. The summed E-state index contributed by atoms with van der Waals surface area (Å²) in [4.78, 5) is 14.5. The van der Waals surface area contributed by atoms with Crippen LogP contribution in [0.1, 0.15) is 23.8 Å². The summed E-state index contributed by atoms with van der Waals surface area (Å²) in [5.74, 6) is 1.23. The molecule has 0 radical (unpaired) electrons. The summed E-state index contributed by atoms with van der Waals surface area (Å²) < 4.78 is 6.00. The Balaban J connectivity index is 1.81. The Morgan fingerprint density at radius 2 is 1.93 bits per heavy atom. The van der Waals surface area contributed by atoms with E-state index in [0.717, 1.165) is 17.7 Å². The van der Waals surface area contributed by atoms with Crippen molar-refractivity contribution >= 4 is 5.91 Å². The first kappa shape index (κ1) is 20.0. The Hall–Kier alpha value is -3.79. The molecule has 7 heteroatoms. The smallest absolute Gasteiger partial charge is 0.274 e. The number of para-hydroxylation sites is 2. The molecule has 7 nitrogen and oxygen atoms in total. The van der Waals surface area contributed by atoms with Gasteiger partial charge in [-0.2, -0.15) is 10.4 Å². The third kappa shape index (κ3) is 5.14. The van der Waals surface area contributed by atoms with E-state index in [4.69, 9.17) is 10.00 Å². The lowest BCUT2D eigenvalue weighted by molar-refractivity contribution is 0.0752. The van der Waals surface area contributed by atoms with E-state index in [-0.39, 0.29) is 5.91 Å². The maximum absolute atomic E-state index is 12.9. The molecule has 2 N–H and O–H groups in total. The third-order valence-corrected chi connectivity index (χ3v) is 4.31. The molecule has 3 aromatic rings. The van der Waals surface area contributed by atoms with Crippen LogP contribution in [0.15, 0.2) is 60.7 Å². The van der Waals surface area contributed by atoms with Crippen LogP contribution in [0.2, 0.25) is 0 Å². The second kappa shape index (κ2) is 9.95. The summed E-state index contributed by atoms with van der Waals surface area (Å²) in [6, 6.07) is 18.9. The largest absolute Gasteiger partial charge is 0.457 e. The third-order valence-electron chi connectivity index (χ3n) is 4.31. The van der Waals surface area contributed by atoms with Crippen molar-refractivity contribution in [2.75, 3.05) is 19.6 Å². The van der Waals surface area contributed by atoms with Gasteiger partial charge in [0.05, 0.1) is 5.69 Å². The number of nitriles is 1. The highest BCUT2D eigenvalue weighted by Crippen LogP contribution is 2.32. The van der Waals surface area contributed by atoms with Crippen molar-refractivity contribution < 1.29 is 9.53 Å². The van der Waals surface area contributed by atoms with Crippen LogP contribution in [0.25, 0.3) is 11.3 Å². The van der Waals surface area contributed by atoms with E-state index in [1.54, 1.807) is 11.0 Å². The zero-order valence-corrected chi connectivity index (χ0v) is 16.3. The van der Waals surface area contributed by atoms with Crippen molar-refractivity contribution in [3.63, 3.8) is 0 Å². The number of hydrogen-bond acceptors (Lipinski definition) is 5. The summed E-state index contributed by atoms with van der Waals surface area (Å²) >= 11 is 0. The van der Waals surface area contributed by atoms with Crippen LogP contribution in [0, 0.1) is 11.5 Å². The number of amides is 1. The molecule has 0 bridgehead atoms. The Bertz CT molecular complexity index is 978. The van der Waals surface area contributed by atoms with E-state index in [0.29, 0.717) is 36.8 Å². The fraction of sp³-hybridized carbons (Fsp3) is 0.227. The Morgan fingerprint density at radius 1 is 1.17 bits per heavy atom. The molecule has 1 amide bonds. The summed E-state index contributed by atoms with van der Waals surface area (Å²) in [5.41, 5.74) is 1.85. The second-order valence-electron chi connectivity index (χ2n) is 6.41. The van der Waals surface area contributed by atoms with Gasteiger partial charge in [0, 0.05) is 25.2 Å². The van der Waals surface area contributed by atoms with E-state index >= 15 is 0 Å². The molecule has 0 spiro atoms. The normalized spacial score (nSPS) is 10.2. The van der Waals surface area contributed by atoms with E-state index in [2.05, 4.69) is 15.5 Å². The summed E-state index contributed by atoms with van der Waals surface area (Å²) in [6.45, 7) is 3.45. The summed E-state index contributed by atoms with van der Waals surface area (Å²) in [6.07, 6.45) is 2.69. The fourth-order valence-corrected chi connectivity index (χ4v) is 2.96. The van der Waals surface area contributed by atoms with Gasteiger partial charge in [-0.1, -0.05) is 37.3 Å². The first-order valence-corrected chi connectivity index (χ1v) is 9.52. The lowest BCUT2D eigenvalue weighted by Gasteiger charge is -2.20. The lowest BCUT2D eigenvalue weighted by atomic mass is 10.1. The van der Waals surface area contributed by atoms with Crippen LogP contribution in [-0.4, -0.2) is 40.6 Å². The van der Waals surface area contributed by atoms with Crippen LogP contribution in [0.4, 0.5) is 0 Å². The molecule has 0 saturated heterocycles. The molecule has 0 atom stereocenters. The van der Waals surface area contributed by atoms with Crippen molar-refractivity contribution in [2.24, 2.45) is 0 Å². The number of rotatable bonds is 9. The number of ether oxygens (including phenoxy) is 1. The van der Waals surface area contributed by atoms with Gasteiger partial charge in [0.2, 0.25) is 0 Å². The highest BCUT2D eigenvalue weighted by Gasteiger charge is 2.19. The molecule has 29 heavy (non-hydrogen) atoms. The van der Waals surface area contributed by atoms with Crippen LogP contribution in [0.3, 0.4) is 0 Å². The quantitative estimate of drug-likeness (QED) is 0.330. The predicted molar refractivity (Wildman–Crippen MR) is 110 cm³/mol. The maximum Gasteiger partial charge on any atom is 0.274 e. The number of aromatic nitrogens is 2. The van der Waals surface area contributed by atoms with Crippen LogP contribution in [0.5, 0.6) is 11.5 Å². The molecule has 1 aromatic heterocycles.